The van der Waals surface area contributed by atoms with Crippen LogP contribution in [0.4, 0.5) is 5.69 Å². The van der Waals surface area contributed by atoms with Gasteiger partial charge in [0.25, 0.3) is 0 Å². The smallest absolute Gasteiger partial charge is 0.244 e. The summed E-state index contributed by atoms with van der Waals surface area (Å²) < 4.78 is 26.6. The van der Waals surface area contributed by atoms with Gasteiger partial charge in [0.05, 0.1) is 11.9 Å². The van der Waals surface area contributed by atoms with E-state index in [1.807, 2.05) is 57.2 Å². The Morgan fingerprint density at radius 2 is 1.56 bits per heavy atom. The van der Waals surface area contributed by atoms with Crippen LogP contribution in [0.3, 0.4) is 0 Å². The van der Waals surface area contributed by atoms with Crippen LogP contribution in [0.15, 0.2) is 48.5 Å². The molecule has 0 saturated heterocycles. The van der Waals surface area contributed by atoms with Crippen LogP contribution in [0, 0.1) is 6.92 Å². The molecule has 0 spiro atoms. The quantitative estimate of drug-likeness (QED) is 0.481. The molecule has 2 aromatic rings. The maximum atomic E-state index is 13.7. The first-order valence-corrected chi connectivity index (χ1v) is 14.3. The molecule has 0 aromatic heterocycles. The van der Waals surface area contributed by atoms with Gasteiger partial charge in [-0.2, -0.15) is 0 Å². The summed E-state index contributed by atoms with van der Waals surface area (Å²) in [6, 6.07) is 14.3. The third-order valence-electron chi connectivity index (χ3n) is 6.11. The highest BCUT2D eigenvalue weighted by atomic mass is 32.2. The fourth-order valence-electron chi connectivity index (χ4n) is 3.92. The molecule has 0 aliphatic rings. The van der Waals surface area contributed by atoms with Crippen molar-refractivity contribution >= 4 is 27.5 Å². The van der Waals surface area contributed by atoms with Crippen LogP contribution in [0.1, 0.15) is 64.2 Å². The van der Waals surface area contributed by atoms with Crippen LogP contribution < -0.4 is 9.62 Å². The molecule has 1 unspecified atom stereocenters. The minimum Gasteiger partial charge on any atom is -0.354 e. The van der Waals surface area contributed by atoms with Gasteiger partial charge in [-0.3, -0.25) is 13.9 Å². The Labute approximate surface area is 216 Å². The molecule has 7 nitrogen and oxygen atoms in total. The van der Waals surface area contributed by atoms with Gasteiger partial charge in [-0.25, -0.2) is 8.42 Å². The van der Waals surface area contributed by atoms with Crippen LogP contribution in [-0.2, 0) is 31.6 Å². The first-order chi connectivity index (χ1) is 16.8. The van der Waals surface area contributed by atoms with Crippen LogP contribution in [0.25, 0.3) is 0 Å². The summed E-state index contributed by atoms with van der Waals surface area (Å²) in [6.07, 6.45) is 2.28. The summed E-state index contributed by atoms with van der Waals surface area (Å²) in [5, 5.41) is 2.88. The van der Waals surface area contributed by atoms with Gasteiger partial charge in [-0.15, -0.1) is 0 Å². The molecule has 0 aliphatic heterocycles. The summed E-state index contributed by atoms with van der Waals surface area (Å²) in [7, 11) is -3.75. The molecule has 1 N–H and O–H groups in total. The zero-order valence-electron chi connectivity index (χ0n) is 22.7. The summed E-state index contributed by atoms with van der Waals surface area (Å²) in [5.41, 5.74) is 3.35. The van der Waals surface area contributed by atoms with Crippen LogP contribution in [0.5, 0.6) is 0 Å². The van der Waals surface area contributed by atoms with E-state index < -0.39 is 28.5 Å². The molecule has 0 heterocycles. The largest absolute Gasteiger partial charge is 0.354 e. The number of sulfonamides is 1. The summed E-state index contributed by atoms with van der Waals surface area (Å²) >= 11 is 0. The lowest BCUT2D eigenvalue weighted by Crippen LogP contribution is -2.52. The van der Waals surface area contributed by atoms with Gasteiger partial charge in [-0.05, 0) is 48.4 Å². The second kappa shape index (κ2) is 12.4. The van der Waals surface area contributed by atoms with Crippen molar-refractivity contribution < 1.29 is 18.0 Å². The van der Waals surface area contributed by atoms with Gasteiger partial charge in [0.2, 0.25) is 21.8 Å². The molecule has 2 aromatic carbocycles. The molecule has 2 amide bonds. The average molecular weight is 516 g/mol. The third kappa shape index (κ3) is 8.08. The molecule has 36 heavy (non-hydrogen) atoms. The normalized spacial score (nSPS) is 12.6. The van der Waals surface area contributed by atoms with E-state index >= 15 is 0 Å². The topological polar surface area (TPSA) is 86.8 Å². The maximum Gasteiger partial charge on any atom is 0.244 e. The number of carbonyl (C=O) groups excluding carboxylic acids is 2. The minimum absolute atomic E-state index is 0.0880. The number of aryl methyl sites for hydroxylation is 1. The first-order valence-electron chi connectivity index (χ1n) is 12.5. The highest BCUT2D eigenvalue weighted by Crippen LogP contribution is 2.26. The molecule has 0 fully saturated rings. The monoisotopic (exact) mass is 515 g/mol. The Kier molecular flexibility index (Phi) is 10.1. The number of carbonyl (C=O) groups is 2. The number of rotatable bonds is 11. The fourth-order valence-corrected chi connectivity index (χ4v) is 4.77. The van der Waals surface area contributed by atoms with Crippen molar-refractivity contribution in [1.82, 2.24) is 10.2 Å². The molecule has 198 valence electrons. The molecular formula is C28H41N3O4S. The Balaban J connectivity index is 2.42. The number of amides is 2. The molecule has 8 heteroatoms. The fraction of sp³-hybridized carbons (Fsp3) is 0.500. The first kappa shape index (κ1) is 29.4. The van der Waals surface area contributed by atoms with Gasteiger partial charge >= 0.3 is 0 Å². The van der Waals surface area contributed by atoms with E-state index in [0.29, 0.717) is 18.7 Å². The van der Waals surface area contributed by atoms with E-state index in [1.165, 1.54) is 4.90 Å². The van der Waals surface area contributed by atoms with Gasteiger partial charge in [0.1, 0.15) is 12.6 Å². The lowest BCUT2D eigenvalue weighted by atomic mass is 9.87. The molecule has 0 radical (unpaired) electrons. The van der Waals surface area contributed by atoms with Gasteiger partial charge in [0.15, 0.2) is 0 Å². The standard InChI is InChI=1S/C28H41N3O4S/c1-8-18-29-27(33)25(9-2)30(19-22-12-10-21(3)11-13-22)26(32)20-31(36(7,34)35)24-16-14-23(15-17-24)28(4,5)6/h10-17,25H,8-9,18-20H2,1-7H3,(H,29,33). The van der Waals surface area contributed by atoms with Gasteiger partial charge < -0.3 is 10.2 Å². The molecule has 0 saturated carbocycles. The van der Waals surface area contributed by atoms with E-state index in [4.69, 9.17) is 0 Å². The van der Waals surface area contributed by atoms with Crippen LogP contribution in [-0.4, -0.2) is 50.5 Å². The number of hydrogen-bond donors (Lipinski definition) is 1. The number of nitrogens with zero attached hydrogens (tertiary/aromatic N) is 2. The maximum absolute atomic E-state index is 13.7. The van der Waals surface area contributed by atoms with Gasteiger partial charge in [0, 0.05) is 13.1 Å². The number of benzene rings is 2. The van der Waals surface area contributed by atoms with Gasteiger partial charge in [-0.1, -0.05) is 76.6 Å². The van der Waals surface area contributed by atoms with Crippen molar-refractivity contribution in [2.24, 2.45) is 0 Å². The van der Waals surface area contributed by atoms with Crippen LogP contribution in [0.2, 0.25) is 0 Å². The van der Waals surface area contributed by atoms with Crippen molar-refractivity contribution in [3.05, 3.63) is 65.2 Å². The second-order valence-electron chi connectivity index (χ2n) is 10.3. The predicted molar refractivity (Wildman–Crippen MR) is 146 cm³/mol. The molecule has 1 atom stereocenters. The number of hydrogen-bond acceptors (Lipinski definition) is 4. The third-order valence-corrected chi connectivity index (χ3v) is 7.25. The Bertz CT molecular complexity index is 1120. The SMILES string of the molecule is CCCNC(=O)C(CC)N(Cc1ccc(C)cc1)C(=O)CN(c1ccc(C(C)(C)C)cc1)S(C)(=O)=O. The van der Waals surface area contributed by atoms with Crippen molar-refractivity contribution in [1.29, 1.82) is 0 Å². The van der Waals surface area contributed by atoms with E-state index in [9.17, 15) is 18.0 Å². The van der Waals surface area contributed by atoms with E-state index in [-0.39, 0.29) is 17.9 Å². The van der Waals surface area contributed by atoms with Crippen molar-refractivity contribution in [2.75, 3.05) is 23.7 Å². The Morgan fingerprint density at radius 3 is 2.03 bits per heavy atom. The second-order valence-corrected chi connectivity index (χ2v) is 12.2. The predicted octanol–water partition coefficient (Wildman–Crippen LogP) is 4.39. The van der Waals surface area contributed by atoms with E-state index in [0.717, 1.165) is 33.7 Å². The minimum atomic E-state index is -3.75. The van der Waals surface area contributed by atoms with Crippen molar-refractivity contribution in [2.45, 2.75) is 72.4 Å². The summed E-state index contributed by atoms with van der Waals surface area (Å²) in [5.74, 6) is -0.667. The highest BCUT2D eigenvalue weighted by Gasteiger charge is 2.31. The lowest BCUT2D eigenvalue weighted by molar-refractivity contribution is -0.140. The van der Waals surface area contributed by atoms with E-state index in [1.54, 1.807) is 12.1 Å². The molecule has 2 rings (SSSR count). The van der Waals surface area contributed by atoms with Crippen molar-refractivity contribution in [3.63, 3.8) is 0 Å². The summed E-state index contributed by atoms with van der Waals surface area (Å²) in [4.78, 5) is 28.2. The average Bonchev–Trinajstić information content (AvgIpc) is 2.81. The Hall–Kier alpha value is -2.87. The highest BCUT2D eigenvalue weighted by molar-refractivity contribution is 7.92. The molecule has 0 aliphatic carbocycles. The lowest BCUT2D eigenvalue weighted by Gasteiger charge is -2.33. The number of anilines is 1. The van der Waals surface area contributed by atoms with E-state index in [2.05, 4.69) is 26.1 Å². The Morgan fingerprint density at radius 1 is 0.972 bits per heavy atom. The molecular weight excluding hydrogens is 474 g/mol. The zero-order chi connectivity index (χ0) is 27.1. The van der Waals surface area contributed by atoms with Crippen molar-refractivity contribution in [3.8, 4) is 0 Å². The van der Waals surface area contributed by atoms with Crippen LogP contribution >= 0.6 is 0 Å². The molecule has 0 bridgehead atoms. The summed E-state index contributed by atoms with van der Waals surface area (Å²) in [6.45, 7) is 12.4. The zero-order valence-corrected chi connectivity index (χ0v) is 23.5. The number of nitrogens with one attached hydrogen (secondary N) is 1.